The molecule has 0 saturated carbocycles. The van der Waals surface area contributed by atoms with Gasteiger partial charge < -0.3 is 5.32 Å². The van der Waals surface area contributed by atoms with Crippen molar-refractivity contribution in [2.45, 2.75) is 58.4 Å². The summed E-state index contributed by atoms with van der Waals surface area (Å²) < 4.78 is 13.4. The summed E-state index contributed by atoms with van der Waals surface area (Å²) in [6.45, 7) is 11.7. The lowest BCUT2D eigenvalue weighted by Gasteiger charge is -2.36. The van der Waals surface area contributed by atoms with Crippen LogP contribution in [0.1, 0.15) is 53.0 Å². The lowest BCUT2D eigenvalue weighted by molar-refractivity contribution is 0.312. The first-order chi connectivity index (χ1) is 8.33. The van der Waals surface area contributed by atoms with Gasteiger partial charge >= 0.3 is 0 Å². The number of hydrogen-bond donors (Lipinski definition) is 1. The molecule has 1 aromatic rings. The third-order valence-corrected chi connectivity index (χ3v) is 3.75. The molecule has 0 bridgehead atoms. The number of hydrogen-bond acceptors (Lipinski definition) is 1. The van der Waals surface area contributed by atoms with Gasteiger partial charge in [0.15, 0.2) is 0 Å². The second kappa shape index (κ2) is 5.83. The average molecular weight is 251 g/mol. The molecule has 0 fully saturated rings. The highest BCUT2D eigenvalue weighted by molar-refractivity contribution is 5.26. The Hall–Kier alpha value is -0.890. The van der Waals surface area contributed by atoms with Crippen molar-refractivity contribution in [3.8, 4) is 0 Å². The molecule has 0 amide bonds. The molecule has 0 radical (unpaired) electrons. The third kappa shape index (κ3) is 3.81. The average Bonchev–Trinajstić information content (AvgIpc) is 2.30. The van der Waals surface area contributed by atoms with Crippen LogP contribution in [0.4, 0.5) is 4.39 Å². The van der Waals surface area contributed by atoms with Gasteiger partial charge in [0.25, 0.3) is 0 Å². The van der Waals surface area contributed by atoms with Gasteiger partial charge in [0, 0.05) is 17.5 Å². The number of rotatable bonds is 5. The minimum Gasteiger partial charge on any atom is -0.311 e. The Morgan fingerprint density at radius 3 is 2.17 bits per heavy atom. The van der Waals surface area contributed by atoms with Crippen molar-refractivity contribution in [2.75, 3.05) is 6.54 Å². The summed E-state index contributed by atoms with van der Waals surface area (Å²) >= 11 is 0. The van der Waals surface area contributed by atoms with Gasteiger partial charge in [-0.05, 0) is 51.3 Å². The normalized spacial score (nSPS) is 12.8. The minimum atomic E-state index is -0.144. The Bertz CT molecular complexity index is 375. The van der Waals surface area contributed by atoms with Crippen molar-refractivity contribution < 1.29 is 4.39 Å². The molecule has 2 heteroatoms. The second-order valence-electron chi connectivity index (χ2n) is 6.10. The van der Waals surface area contributed by atoms with Crippen LogP contribution in [0.2, 0.25) is 0 Å². The number of halogens is 1. The first-order valence-electron chi connectivity index (χ1n) is 6.84. The summed E-state index contributed by atoms with van der Waals surface area (Å²) in [5, 5.41) is 3.56. The Balaban J connectivity index is 2.99. The van der Waals surface area contributed by atoms with E-state index in [1.165, 1.54) is 6.07 Å². The van der Waals surface area contributed by atoms with Crippen LogP contribution in [0.3, 0.4) is 0 Å². The lowest BCUT2D eigenvalue weighted by atomic mass is 9.75. The molecule has 1 N–H and O–H groups in total. The monoisotopic (exact) mass is 251 g/mol. The Labute approximate surface area is 111 Å². The predicted molar refractivity (Wildman–Crippen MR) is 76.4 cm³/mol. The molecule has 0 unspecified atom stereocenters. The summed E-state index contributed by atoms with van der Waals surface area (Å²) in [6, 6.07) is 7.04. The van der Waals surface area contributed by atoms with Gasteiger partial charge in [-0.2, -0.15) is 0 Å². The van der Waals surface area contributed by atoms with Crippen molar-refractivity contribution in [3.63, 3.8) is 0 Å². The van der Waals surface area contributed by atoms with Crippen molar-refractivity contribution in [3.05, 3.63) is 35.6 Å². The molecule has 0 aliphatic heterocycles. The van der Waals surface area contributed by atoms with Crippen LogP contribution >= 0.6 is 0 Å². The third-order valence-electron chi connectivity index (χ3n) is 3.75. The molecular weight excluding hydrogens is 225 g/mol. The molecule has 18 heavy (non-hydrogen) atoms. The highest BCUT2D eigenvalue weighted by atomic mass is 19.1. The largest absolute Gasteiger partial charge is 0.311 e. The summed E-state index contributed by atoms with van der Waals surface area (Å²) in [5.74, 6) is -0.144. The quantitative estimate of drug-likeness (QED) is 0.824. The van der Waals surface area contributed by atoms with Crippen LogP contribution in [-0.2, 0) is 5.41 Å². The van der Waals surface area contributed by atoms with Gasteiger partial charge in [0.2, 0.25) is 0 Å². The maximum absolute atomic E-state index is 13.4. The Morgan fingerprint density at radius 2 is 1.72 bits per heavy atom. The summed E-state index contributed by atoms with van der Waals surface area (Å²) in [4.78, 5) is 0. The van der Waals surface area contributed by atoms with Gasteiger partial charge in [-0.1, -0.05) is 26.0 Å². The number of nitrogens with one attached hydrogen (secondary N) is 1. The maximum Gasteiger partial charge on any atom is 0.123 e. The van der Waals surface area contributed by atoms with Gasteiger partial charge in [0.1, 0.15) is 5.82 Å². The lowest BCUT2D eigenvalue weighted by Crippen LogP contribution is -2.45. The first-order valence-corrected chi connectivity index (χ1v) is 6.84. The summed E-state index contributed by atoms with van der Waals surface area (Å²) in [5.41, 5.74) is 1.21. The van der Waals surface area contributed by atoms with Gasteiger partial charge in [0.05, 0.1) is 0 Å². The van der Waals surface area contributed by atoms with Gasteiger partial charge in [-0.15, -0.1) is 0 Å². The van der Waals surface area contributed by atoms with Crippen LogP contribution in [0, 0.1) is 5.82 Å². The predicted octanol–water partition coefficient (Wildman–Crippen LogP) is 4.27. The van der Waals surface area contributed by atoms with Crippen molar-refractivity contribution in [1.82, 2.24) is 5.32 Å². The van der Waals surface area contributed by atoms with Crippen LogP contribution in [0.25, 0.3) is 0 Å². The van der Waals surface area contributed by atoms with E-state index in [2.05, 4.69) is 39.9 Å². The van der Waals surface area contributed by atoms with E-state index in [4.69, 9.17) is 0 Å². The van der Waals surface area contributed by atoms with Crippen molar-refractivity contribution in [2.24, 2.45) is 0 Å². The highest BCUT2D eigenvalue weighted by Gasteiger charge is 2.29. The van der Waals surface area contributed by atoms with Crippen LogP contribution in [-0.4, -0.2) is 12.1 Å². The van der Waals surface area contributed by atoms with Gasteiger partial charge in [-0.25, -0.2) is 4.39 Å². The molecule has 0 saturated heterocycles. The molecule has 0 aliphatic carbocycles. The van der Waals surface area contributed by atoms with Gasteiger partial charge in [-0.3, -0.25) is 0 Å². The number of benzene rings is 1. The Morgan fingerprint density at radius 1 is 1.11 bits per heavy atom. The second-order valence-corrected chi connectivity index (χ2v) is 6.10. The zero-order valence-electron chi connectivity index (χ0n) is 12.3. The molecule has 1 rings (SSSR count). The van der Waals surface area contributed by atoms with E-state index in [9.17, 15) is 4.39 Å². The van der Waals surface area contributed by atoms with E-state index in [-0.39, 0.29) is 16.8 Å². The molecule has 0 aliphatic rings. The van der Waals surface area contributed by atoms with E-state index in [1.54, 1.807) is 6.07 Å². The molecule has 0 atom stereocenters. The van der Waals surface area contributed by atoms with E-state index < -0.39 is 0 Å². The summed E-state index contributed by atoms with van der Waals surface area (Å²) in [6.07, 6.45) is 2.02. The fraction of sp³-hybridized carbons (Fsp3) is 0.625. The molecule has 0 heterocycles. The zero-order chi connectivity index (χ0) is 13.8. The fourth-order valence-corrected chi connectivity index (χ4v) is 2.26. The van der Waals surface area contributed by atoms with Crippen LogP contribution in [0.5, 0.6) is 0 Å². The molecule has 0 aromatic heterocycles. The maximum atomic E-state index is 13.4. The van der Waals surface area contributed by atoms with Crippen molar-refractivity contribution in [1.29, 1.82) is 0 Å². The van der Waals surface area contributed by atoms with Crippen LogP contribution in [0.15, 0.2) is 24.3 Å². The molecule has 1 aromatic carbocycles. The molecule has 0 spiro atoms. The van der Waals surface area contributed by atoms with E-state index in [0.717, 1.165) is 24.9 Å². The van der Waals surface area contributed by atoms with E-state index >= 15 is 0 Å². The highest BCUT2D eigenvalue weighted by Crippen LogP contribution is 2.31. The Kier molecular flexibility index (Phi) is 4.92. The van der Waals surface area contributed by atoms with E-state index in [1.807, 2.05) is 12.1 Å². The fourth-order valence-electron chi connectivity index (χ4n) is 2.26. The topological polar surface area (TPSA) is 12.0 Å². The smallest absolute Gasteiger partial charge is 0.123 e. The van der Waals surface area contributed by atoms with E-state index in [0.29, 0.717) is 0 Å². The molecule has 1 nitrogen and oxygen atoms in total. The summed E-state index contributed by atoms with van der Waals surface area (Å²) in [7, 11) is 0. The molecule has 102 valence electrons. The van der Waals surface area contributed by atoms with Crippen LogP contribution < -0.4 is 5.32 Å². The van der Waals surface area contributed by atoms with Crippen molar-refractivity contribution >= 4 is 0 Å². The standard InChI is InChI=1S/C16H26FN/c1-6-16(7-2,12-18-15(3,4)5)13-9-8-10-14(17)11-13/h8-11,18H,6-7,12H2,1-5H3. The first kappa shape index (κ1) is 15.2. The molecular formula is C16H26FN. The SMILES string of the molecule is CCC(CC)(CNC(C)(C)C)c1cccc(F)c1. The zero-order valence-corrected chi connectivity index (χ0v) is 12.3. The minimum absolute atomic E-state index is 0.0232.